The van der Waals surface area contributed by atoms with E-state index in [-0.39, 0.29) is 5.41 Å². The maximum absolute atomic E-state index is 5.69. The molecule has 0 spiro atoms. The van der Waals surface area contributed by atoms with Gasteiger partial charge in [0.15, 0.2) is 5.82 Å². The quantitative estimate of drug-likeness (QED) is 0.654. The van der Waals surface area contributed by atoms with Crippen LogP contribution >= 0.6 is 0 Å². The third-order valence-electron chi connectivity index (χ3n) is 2.68. The Morgan fingerprint density at radius 3 is 2.68 bits per heavy atom. The first kappa shape index (κ1) is 13.3. The Labute approximate surface area is 112 Å². The van der Waals surface area contributed by atoms with Crippen molar-refractivity contribution in [3.63, 3.8) is 0 Å². The summed E-state index contributed by atoms with van der Waals surface area (Å²) in [5.74, 6) is 6.88. The monoisotopic (exact) mass is 258 g/mol. The third-order valence-corrected chi connectivity index (χ3v) is 2.68. The second kappa shape index (κ2) is 5.24. The summed E-state index contributed by atoms with van der Waals surface area (Å²) in [6.07, 6.45) is 3.07. The molecule has 0 radical (unpaired) electrons. The number of rotatable bonds is 3. The van der Waals surface area contributed by atoms with Crippen molar-refractivity contribution < 1.29 is 4.74 Å². The van der Waals surface area contributed by atoms with Crippen LogP contribution in [0.5, 0.6) is 11.6 Å². The summed E-state index contributed by atoms with van der Waals surface area (Å²) in [6.45, 7) is 6.47. The molecular formula is C14H18N4O. The van der Waals surface area contributed by atoms with Gasteiger partial charge in [0.1, 0.15) is 5.75 Å². The molecule has 2 aromatic rings. The topological polar surface area (TPSA) is 73.1 Å². The van der Waals surface area contributed by atoms with Crippen LogP contribution in [0.25, 0.3) is 0 Å². The minimum Gasteiger partial charge on any atom is -0.437 e. The lowest BCUT2D eigenvalue weighted by molar-refractivity contribution is 0.457. The standard InChI is InChI=1S/C14H18N4O/c1-14(2,3)10-5-4-6-11(7-10)19-13-9-16-8-12(17-13)18-15/h4-9H,15H2,1-3H3,(H,17,18). The molecule has 1 aromatic carbocycles. The third kappa shape index (κ3) is 3.42. The van der Waals surface area contributed by atoms with Gasteiger partial charge in [-0.2, -0.15) is 4.98 Å². The Balaban J connectivity index is 2.23. The maximum atomic E-state index is 5.69. The number of nitrogen functional groups attached to an aromatic ring is 1. The van der Waals surface area contributed by atoms with Crippen LogP contribution in [0.4, 0.5) is 5.82 Å². The first-order valence-electron chi connectivity index (χ1n) is 6.06. The molecule has 0 aliphatic rings. The highest BCUT2D eigenvalue weighted by Crippen LogP contribution is 2.27. The molecule has 1 heterocycles. The lowest BCUT2D eigenvalue weighted by Crippen LogP contribution is -2.11. The van der Waals surface area contributed by atoms with Crippen LogP contribution in [-0.4, -0.2) is 9.97 Å². The number of hydrogen-bond donors (Lipinski definition) is 2. The van der Waals surface area contributed by atoms with Crippen LogP contribution in [-0.2, 0) is 5.41 Å². The maximum Gasteiger partial charge on any atom is 0.239 e. The molecule has 2 rings (SSSR count). The average molecular weight is 258 g/mol. The number of nitrogens with zero attached hydrogens (tertiary/aromatic N) is 2. The van der Waals surface area contributed by atoms with E-state index in [1.54, 1.807) is 6.20 Å². The van der Waals surface area contributed by atoms with Gasteiger partial charge in [-0.1, -0.05) is 32.9 Å². The van der Waals surface area contributed by atoms with E-state index in [2.05, 4.69) is 42.2 Å². The molecule has 0 saturated carbocycles. The Kier molecular flexibility index (Phi) is 3.66. The van der Waals surface area contributed by atoms with Gasteiger partial charge in [0, 0.05) is 0 Å². The molecule has 0 atom stereocenters. The predicted molar refractivity (Wildman–Crippen MR) is 75.1 cm³/mol. The summed E-state index contributed by atoms with van der Waals surface area (Å²) in [5, 5.41) is 0. The minimum absolute atomic E-state index is 0.0751. The molecule has 0 amide bonds. The van der Waals surface area contributed by atoms with E-state index >= 15 is 0 Å². The largest absolute Gasteiger partial charge is 0.437 e. The average Bonchev–Trinajstić information content (AvgIpc) is 2.38. The number of hydrogen-bond acceptors (Lipinski definition) is 5. The van der Waals surface area contributed by atoms with Crippen LogP contribution in [0.2, 0.25) is 0 Å². The number of benzene rings is 1. The van der Waals surface area contributed by atoms with Gasteiger partial charge in [0.25, 0.3) is 0 Å². The molecule has 3 N–H and O–H groups in total. The Hall–Kier alpha value is -2.14. The zero-order valence-corrected chi connectivity index (χ0v) is 11.3. The van der Waals surface area contributed by atoms with E-state index in [1.165, 1.54) is 11.8 Å². The zero-order valence-electron chi connectivity index (χ0n) is 11.3. The van der Waals surface area contributed by atoms with Crippen LogP contribution in [0.15, 0.2) is 36.7 Å². The van der Waals surface area contributed by atoms with E-state index in [0.717, 1.165) is 5.75 Å². The van der Waals surface area contributed by atoms with Gasteiger partial charge in [-0.15, -0.1) is 0 Å². The fourth-order valence-corrected chi connectivity index (χ4v) is 1.61. The molecule has 0 bridgehead atoms. The van der Waals surface area contributed by atoms with Gasteiger partial charge in [0.2, 0.25) is 5.88 Å². The zero-order chi connectivity index (χ0) is 13.9. The smallest absolute Gasteiger partial charge is 0.239 e. The summed E-state index contributed by atoms with van der Waals surface area (Å²) < 4.78 is 5.69. The van der Waals surface area contributed by atoms with Crippen LogP contribution in [0.3, 0.4) is 0 Å². The van der Waals surface area contributed by atoms with Crippen LogP contribution in [0.1, 0.15) is 26.3 Å². The number of anilines is 1. The van der Waals surface area contributed by atoms with E-state index in [4.69, 9.17) is 10.6 Å². The molecule has 5 heteroatoms. The van der Waals surface area contributed by atoms with E-state index < -0.39 is 0 Å². The predicted octanol–water partition coefficient (Wildman–Crippen LogP) is 2.85. The molecule has 19 heavy (non-hydrogen) atoms. The summed E-state index contributed by atoms with van der Waals surface area (Å²) >= 11 is 0. The van der Waals surface area contributed by atoms with Crippen molar-refractivity contribution in [1.82, 2.24) is 9.97 Å². The fourth-order valence-electron chi connectivity index (χ4n) is 1.61. The molecule has 0 saturated heterocycles. The Morgan fingerprint density at radius 2 is 2.00 bits per heavy atom. The molecule has 0 aliphatic heterocycles. The van der Waals surface area contributed by atoms with Crippen LogP contribution in [0, 0.1) is 0 Å². The first-order chi connectivity index (χ1) is 8.99. The second-order valence-corrected chi connectivity index (χ2v) is 5.27. The van der Waals surface area contributed by atoms with Gasteiger partial charge in [0.05, 0.1) is 12.4 Å². The van der Waals surface area contributed by atoms with E-state index in [9.17, 15) is 0 Å². The van der Waals surface area contributed by atoms with Gasteiger partial charge in [-0.05, 0) is 23.1 Å². The van der Waals surface area contributed by atoms with Gasteiger partial charge < -0.3 is 10.2 Å². The number of hydrazine groups is 1. The molecule has 100 valence electrons. The van der Waals surface area contributed by atoms with Gasteiger partial charge in [-0.3, -0.25) is 4.98 Å². The number of nitrogens with two attached hydrogens (primary N) is 1. The van der Waals surface area contributed by atoms with Crippen molar-refractivity contribution in [2.75, 3.05) is 5.43 Å². The first-order valence-corrected chi connectivity index (χ1v) is 6.06. The Morgan fingerprint density at radius 1 is 1.21 bits per heavy atom. The van der Waals surface area contributed by atoms with Crippen molar-refractivity contribution >= 4 is 5.82 Å². The van der Waals surface area contributed by atoms with Crippen molar-refractivity contribution in [1.29, 1.82) is 0 Å². The van der Waals surface area contributed by atoms with E-state index in [0.29, 0.717) is 11.7 Å². The molecule has 1 aromatic heterocycles. The van der Waals surface area contributed by atoms with Crippen LogP contribution < -0.4 is 16.0 Å². The number of ether oxygens (including phenoxy) is 1. The molecular weight excluding hydrogens is 240 g/mol. The molecule has 0 unspecified atom stereocenters. The van der Waals surface area contributed by atoms with E-state index in [1.807, 2.05) is 18.2 Å². The normalized spacial score (nSPS) is 11.2. The lowest BCUT2D eigenvalue weighted by atomic mass is 9.87. The van der Waals surface area contributed by atoms with Gasteiger partial charge >= 0.3 is 0 Å². The summed E-state index contributed by atoms with van der Waals surface area (Å²) in [6, 6.07) is 7.94. The number of aromatic nitrogens is 2. The highest BCUT2D eigenvalue weighted by Gasteiger charge is 2.14. The molecule has 0 fully saturated rings. The van der Waals surface area contributed by atoms with Gasteiger partial charge in [-0.25, -0.2) is 5.84 Å². The fraction of sp³-hybridized carbons (Fsp3) is 0.286. The minimum atomic E-state index is 0.0751. The highest BCUT2D eigenvalue weighted by molar-refractivity contribution is 5.36. The second-order valence-electron chi connectivity index (χ2n) is 5.27. The Bertz CT molecular complexity index is 563. The molecule has 5 nitrogen and oxygen atoms in total. The van der Waals surface area contributed by atoms with Crippen molar-refractivity contribution in [2.24, 2.45) is 5.84 Å². The van der Waals surface area contributed by atoms with Crippen molar-refractivity contribution in [3.05, 3.63) is 42.2 Å². The summed E-state index contributed by atoms with van der Waals surface area (Å²) in [5.41, 5.74) is 3.71. The summed E-state index contributed by atoms with van der Waals surface area (Å²) in [7, 11) is 0. The lowest BCUT2D eigenvalue weighted by Gasteiger charge is -2.19. The van der Waals surface area contributed by atoms with Crippen molar-refractivity contribution in [2.45, 2.75) is 26.2 Å². The molecule has 0 aliphatic carbocycles. The van der Waals surface area contributed by atoms with Crippen molar-refractivity contribution in [3.8, 4) is 11.6 Å². The number of nitrogens with one attached hydrogen (secondary N) is 1. The highest BCUT2D eigenvalue weighted by atomic mass is 16.5. The summed E-state index contributed by atoms with van der Waals surface area (Å²) in [4.78, 5) is 8.15. The SMILES string of the molecule is CC(C)(C)c1cccc(Oc2cncc(NN)n2)c1.